The molecule has 0 radical (unpaired) electrons. The number of rotatable bonds is 9. The second-order valence-electron chi connectivity index (χ2n) is 4.77. The zero-order chi connectivity index (χ0) is 18.1. The van der Waals surface area contributed by atoms with Crippen LogP contribution in [0.25, 0.3) is 0 Å². The molecular formula is C14H18BrFN6O2S. The third kappa shape index (κ3) is 5.87. The van der Waals surface area contributed by atoms with Crippen molar-refractivity contribution in [2.24, 2.45) is 5.16 Å². The summed E-state index contributed by atoms with van der Waals surface area (Å²) < 4.78 is 21.5. The van der Waals surface area contributed by atoms with Crippen LogP contribution in [0.15, 0.2) is 32.5 Å². The number of benzene rings is 1. The lowest BCUT2D eigenvalue weighted by Crippen LogP contribution is -2.18. The highest BCUT2D eigenvalue weighted by Gasteiger charge is 2.17. The summed E-state index contributed by atoms with van der Waals surface area (Å²) in [6.45, 7) is 3.56. The van der Waals surface area contributed by atoms with Gasteiger partial charge in [0.05, 0.1) is 4.47 Å². The van der Waals surface area contributed by atoms with Crippen molar-refractivity contribution in [2.45, 2.75) is 13.3 Å². The van der Waals surface area contributed by atoms with E-state index in [-0.39, 0.29) is 16.0 Å². The number of hydrogen-bond donors (Lipinski definition) is 4. The summed E-state index contributed by atoms with van der Waals surface area (Å²) >= 11 is 4.75. The fraction of sp³-hybridized carbons (Fsp3) is 0.357. The highest BCUT2D eigenvalue weighted by Crippen LogP contribution is 2.21. The SMILES string of the molecule is CCSNCCCNc1nonc1/C(=N/O)Nc1ccc(F)c(Br)c1. The van der Waals surface area contributed by atoms with Crippen LogP contribution in [0.2, 0.25) is 0 Å². The van der Waals surface area contributed by atoms with Crippen LogP contribution in [0.3, 0.4) is 0 Å². The Balaban J connectivity index is 1.97. The third-order valence-electron chi connectivity index (χ3n) is 2.99. The monoisotopic (exact) mass is 432 g/mol. The maximum atomic E-state index is 13.3. The quantitative estimate of drug-likeness (QED) is 0.119. The molecule has 136 valence electrons. The van der Waals surface area contributed by atoms with Crippen LogP contribution in [-0.4, -0.2) is 40.2 Å². The van der Waals surface area contributed by atoms with Gasteiger partial charge in [-0.25, -0.2) is 9.02 Å². The van der Waals surface area contributed by atoms with Gasteiger partial charge in [0, 0.05) is 24.5 Å². The van der Waals surface area contributed by atoms with E-state index in [1.165, 1.54) is 18.2 Å². The van der Waals surface area contributed by atoms with Gasteiger partial charge in [0.1, 0.15) is 5.82 Å². The lowest BCUT2D eigenvalue weighted by atomic mass is 10.3. The van der Waals surface area contributed by atoms with Crippen molar-refractivity contribution in [3.63, 3.8) is 0 Å². The van der Waals surface area contributed by atoms with E-state index in [1.54, 1.807) is 11.9 Å². The Labute approximate surface area is 156 Å². The Kier molecular flexibility index (Phi) is 7.95. The summed E-state index contributed by atoms with van der Waals surface area (Å²) in [5.41, 5.74) is 0.731. The van der Waals surface area contributed by atoms with Crippen molar-refractivity contribution in [3.05, 3.63) is 34.2 Å². The number of anilines is 2. The van der Waals surface area contributed by atoms with Crippen LogP contribution in [0.1, 0.15) is 19.0 Å². The molecule has 0 amide bonds. The van der Waals surface area contributed by atoms with Gasteiger partial charge in [0.25, 0.3) is 0 Å². The van der Waals surface area contributed by atoms with Crippen molar-refractivity contribution in [3.8, 4) is 0 Å². The molecule has 8 nitrogen and oxygen atoms in total. The first-order valence-electron chi connectivity index (χ1n) is 7.51. The maximum absolute atomic E-state index is 13.3. The molecule has 2 rings (SSSR count). The van der Waals surface area contributed by atoms with Gasteiger partial charge in [0.15, 0.2) is 5.69 Å². The molecule has 0 saturated carbocycles. The molecule has 0 saturated heterocycles. The molecule has 11 heteroatoms. The van der Waals surface area contributed by atoms with Crippen molar-refractivity contribution < 1.29 is 14.2 Å². The van der Waals surface area contributed by atoms with Gasteiger partial charge in [-0.3, -0.25) is 4.72 Å². The minimum atomic E-state index is -0.395. The van der Waals surface area contributed by atoms with E-state index in [2.05, 4.69) is 53.7 Å². The Morgan fingerprint density at radius 1 is 1.40 bits per heavy atom. The minimum absolute atomic E-state index is 0.0296. The van der Waals surface area contributed by atoms with Gasteiger partial charge in [-0.15, -0.1) is 0 Å². The van der Waals surface area contributed by atoms with Gasteiger partial charge in [-0.2, -0.15) is 0 Å². The van der Waals surface area contributed by atoms with Crippen molar-refractivity contribution >= 4 is 45.2 Å². The molecule has 4 N–H and O–H groups in total. The molecule has 0 aliphatic carbocycles. The van der Waals surface area contributed by atoms with Crippen LogP contribution in [-0.2, 0) is 0 Å². The number of nitrogens with one attached hydrogen (secondary N) is 3. The molecule has 0 unspecified atom stereocenters. The molecule has 0 fully saturated rings. The average Bonchev–Trinajstić information content (AvgIpc) is 3.07. The highest BCUT2D eigenvalue weighted by molar-refractivity contribution is 9.10. The van der Waals surface area contributed by atoms with E-state index in [1.807, 2.05) is 0 Å². The van der Waals surface area contributed by atoms with E-state index >= 15 is 0 Å². The second-order valence-corrected chi connectivity index (χ2v) is 6.78. The topological polar surface area (TPSA) is 108 Å². The van der Waals surface area contributed by atoms with Crippen LogP contribution in [0.4, 0.5) is 15.9 Å². The van der Waals surface area contributed by atoms with Gasteiger partial charge in [-0.05, 0) is 50.9 Å². The maximum Gasteiger partial charge on any atom is 0.203 e. The third-order valence-corrected chi connectivity index (χ3v) is 4.29. The van der Waals surface area contributed by atoms with Crippen LogP contribution in [0, 0.1) is 5.82 Å². The summed E-state index contributed by atoms with van der Waals surface area (Å²) in [6.07, 6.45) is 0.864. The summed E-state index contributed by atoms with van der Waals surface area (Å²) in [5, 5.41) is 25.9. The Morgan fingerprint density at radius 2 is 2.24 bits per heavy atom. The lowest BCUT2D eigenvalue weighted by Gasteiger charge is -2.08. The predicted molar refractivity (Wildman–Crippen MR) is 99.6 cm³/mol. The highest BCUT2D eigenvalue weighted by atomic mass is 79.9. The second kappa shape index (κ2) is 10.2. The van der Waals surface area contributed by atoms with Crippen molar-refractivity contribution in [2.75, 3.05) is 29.5 Å². The summed E-state index contributed by atoms with van der Waals surface area (Å²) in [6, 6.07) is 4.30. The first-order valence-corrected chi connectivity index (χ1v) is 9.29. The number of amidine groups is 1. The van der Waals surface area contributed by atoms with E-state index < -0.39 is 5.82 Å². The van der Waals surface area contributed by atoms with Gasteiger partial charge >= 0.3 is 0 Å². The largest absolute Gasteiger partial charge is 0.409 e. The molecule has 0 aliphatic rings. The lowest BCUT2D eigenvalue weighted by molar-refractivity contribution is 0.305. The van der Waals surface area contributed by atoms with E-state index in [0.717, 1.165) is 18.7 Å². The molecule has 1 aromatic heterocycles. The zero-order valence-electron chi connectivity index (χ0n) is 13.4. The van der Waals surface area contributed by atoms with E-state index in [4.69, 9.17) is 4.63 Å². The first kappa shape index (κ1) is 19.5. The van der Waals surface area contributed by atoms with Crippen molar-refractivity contribution in [1.82, 2.24) is 15.0 Å². The molecule has 1 heterocycles. The molecule has 0 bridgehead atoms. The van der Waals surface area contributed by atoms with Crippen LogP contribution in [0.5, 0.6) is 0 Å². The average molecular weight is 433 g/mol. The zero-order valence-corrected chi connectivity index (χ0v) is 15.8. The van der Waals surface area contributed by atoms with Gasteiger partial charge in [0.2, 0.25) is 11.7 Å². The molecule has 2 aromatic rings. The number of hydrogen-bond acceptors (Lipinski definition) is 8. The molecule has 0 aliphatic heterocycles. The molecule has 0 spiro atoms. The predicted octanol–water partition coefficient (Wildman–Crippen LogP) is 3.28. The molecular weight excluding hydrogens is 415 g/mol. The number of aromatic nitrogens is 2. The Hall–Kier alpha value is -1.85. The normalized spacial score (nSPS) is 11.6. The summed E-state index contributed by atoms with van der Waals surface area (Å²) in [7, 11) is 0. The minimum Gasteiger partial charge on any atom is -0.409 e. The standard InChI is InChI=1S/C14H18BrFN6O2S/c1-2-25-18-7-3-6-17-13-12(21-24-22-13)14(20-23)19-9-4-5-11(16)10(15)8-9/h4-5,8,18,23H,2-3,6-7H2,1H3,(H,17,22)(H,19,20). The summed E-state index contributed by atoms with van der Waals surface area (Å²) in [4.78, 5) is 0. The first-order chi connectivity index (χ1) is 12.2. The Bertz CT molecular complexity index is 714. The fourth-order valence-corrected chi connectivity index (χ4v) is 2.72. The number of oxime groups is 1. The smallest absolute Gasteiger partial charge is 0.203 e. The van der Waals surface area contributed by atoms with Gasteiger partial charge < -0.3 is 15.8 Å². The van der Waals surface area contributed by atoms with E-state index in [9.17, 15) is 9.60 Å². The fourth-order valence-electron chi connectivity index (χ4n) is 1.84. The molecule has 0 atom stereocenters. The Morgan fingerprint density at radius 3 is 2.96 bits per heavy atom. The summed E-state index contributed by atoms with van der Waals surface area (Å²) in [5.74, 6) is 0.992. The van der Waals surface area contributed by atoms with Gasteiger partial charge in [-0.1, -0.05) is 24.0 Å². The molecule has 1 aromatic carbocycles. The van der Waals surface area contributed by atoms with Crippen LogP contribution < -0.4 is 15.4 Å². The van der Waals surface area contributed by atoms with E-state index in [0.29, 0.717) is 18.1 Å². The van der Waals surface area contributed by atoms with Crippen LogP contribution >= 0.6 is 27.9 Å². The molecule has 25 heavy (non-hydrogen) atoms. The number of nitrogens with zero attached hydrogens (tertiary/aromatic N) is 3. The van der Waals surface area contributed by atoms with Crippen molar-refractivity contribution in [1.29, 1.82) is 0 Å². The number of halogens is 2.